The minimum Gasteiger partial charge on any atom is -0.351 e. The van der Waals surface area contributed by atoms with Crippen molar-refractivity contribution < 1.29 is 4.79 Å². The molecule has 1 heterocycles. The molecule has 0 spiro atoms. The molecule has 2 rings (SSSR count). The molecule has 0 aliphatic carbocycles. The van der Waals surface area contributed by atoms with Crippen LogP contribution in [-0.4, -0.2) is 31.1 Å². The van der Waals surface area contributed by atoms with Crippen molar-refractivity contribution in [2.45, 2.75) is 6.42 Å². The summed E-state index contributed by atoms with van der Waals surface area (Å²) in [6.45, 7) is 2.04. The molecular weight excluding hydrogens is 214 g/mol. The van der Waals surface area contributed by atoms with Crippen molar-refractivity contribution in [2.75, 3.05) is 25.5 Å². The number of rotatable bonds is 2. The minimum atomic E-state index is -0.528. The average Bonchev–Trinajstić information content (AvgIpc) is 2.29. The van der Waals surface area contributed by atoms with Crippen molar-refractivity contribution in [1.29, 1.82) is 0 Å². The summed E-state index contributed by atoms with van der Waals surface area (Å²) in [5, 5.41) is 2.59. The second kappa shape index (κ2) is 5.01. The first-order valence-electron chi connectivity index (χ1n) is 5.69. The van der Waals surface area contributed by atoms with Crippen molar-refractivity contribution in [3.8, 4) is 0 Å². The van der Waals surface area contributed by atoms with Crippen molar-refractivity contribution >= 4 is 17.3 Å². The molecule has 0 saturated heterocycles. The number of amides is 2. The maximum absolute atomic E-state index is 10.8. The van der Waals surface area contributed by atoms with Gasteiger partial charge >= 0.3 is 6.03 Å². The van der Waals surface area contributed by atoms with Gasteiger partial charge in [-0.25, -0.2) is 4.79 Å². The Labute approximate surface area is 101 Å². The number of hydrogen-bond acceptors (Lipinski definition) is 2. The fourth-order valence-corrected chi connectivity index (χ4v) is 1.97. The van der Waals surface area contributed by atoms with E-state index in [0.29, 0.717) is 0 Å². The quantitative estimate of drug-likeness (QED) is 0.816. The predicted octanol–water partition coefficient (Wildman–Crippen LogP) is 1.90. The van der Waals surface area contributed by atoms with E-state index in [9.17, 15) is 4.79 Å². The molecule has 0 unspecified atom stereocenters. The van der Waals surface area contributed by atoms with Crippen LogP contribution < -0.4 is 11.1 Å². The lowest BCUT2D eigenvalue weighted by Crippen LogP contribution is -2.23. The van der Waals surface area contributed by atoms with Crippen LogP contribution in [-0.2, 0) is 0 Å². The smallest absolute Gasteiger partial charge is 0.316 e. The van der Waals surface area contributed by atoms with Crippen LogP contribution in [0.2, 0.25) is 0 Å². The minimum absolute atomic E-state index is 0.528. The van der Waals surface area contributed by atoms with E-state index in [-0.39, 0.29) is 0 Å². The Morgan fingerprint density at radius 3 is 2.94 bits per heavy atom. The molecule has 1 aliphatic rings. The summed E-state index contributed by atoms with van der Waals surface area (Å²) in [4.78, 5) is 13.1. The molecule has 0 aromatic heterocycles. The summed E-state index contributed by atoms with van der Waals surface area (Å²) >= 11 is 0. The van der Waals surface area contributed by atoms with Crippen molar-refractivity contribution in [1.82, 2.24) is 4.90 Å². The highest BCUT2D eigenvalue weighted by molar-refractivity contribution is 5.88. The second-order valence-corrected chi connectivity index (χ2v) is 4.31. The molecule has 0 radical (unpaired) electrons. The van der Waals surface area contributed by atoms with Gasteiger partial charge in [-0.2, -0.15) is 0 Å². The molecule has 0 saturated carbocycles. The molecule has 0 fully saturated rings. The number of urea groups is 1. The van der Waals surface area contributed by atoms with E-state index < -0.39 is 6.03 Å². The Morgan fingerprint density at radius 2 is 2.29 bits per heavy atom. The fourth-order valence-electron chi connectivity index (χ4n) is 1.97. The summed E-state index contributed by atoms with van der Waals surface area (Å²) in [6, 6.07) is 7.26. The number of benzene rings is 1. The van der Waals surface area contributed by atoms with E-state index in [0.717, 1.165) is 30.8 Å². The van der Waals surface area contributed by atoms with Gasteiger partial charge in [0.15, 0.2) is 0 Å². The Bertz CT molecular complexity index is 454. The number of nitrogens with one attached hydrogen (secondary N) is 1. The summed E-state index contributed by atoms with van der Waals surface area (Å²) < 4.78 is 0. The monoisotopic (exact) mass is 231 g/mol. The fraction of sp³-hybridized carbons (Fsp3) is 0.308. The highest BCUT2D eigenvalue weighted by Crippen LogP contribution is 2.24. The maximum atomic E-state index is 10.8. The summed E-state index contributed by atoms with van der Waals surface area (Å²) in [5.74, 6) is 0. The van der Waals surface area contributed by atoms with Crippen molar-refractivity contribution in [2.24, 2.45) is 5.73 Å². The van der Waals surface area contributed by atoms with E-state index in [2.05, 4.69) is 29.4 Å². The highest BCUT2D eigenvalue weighted by Gasteiger charge is 2.09. The van der Waals surface area contributed by atoms with E-state index in [1.807, 2.05) is 18.2 Å². The average molecular weight is 231 g/mol. The Kier molecular flexibility index (Phi) is 3.44. The molecule has 90 valence electrons. The molecule has 0 atom stereocenters. The Balaban J connectivity index is 2.18. The van der Waals surface area contributed by atoms with Gasteiger partial charge < -0.3 is 16.0 Å². The number of nitrogens with zero attached hydrogens (tertiary/aromatic N) is 1. The first kappa shape index (κ1) is 11.7. The topological polar surface area (TPSA) is 58.4 Å². The van der Waals surface area contributed by atoms with Crippen LogP contribution in [0.25, 0.3) is 5.57 Å². The van der Waals surface area contributed by atoms with Crippen LogP contribution in [0, 0.1) is 0 Å². The number of primary amides is 1. The zero-order chi connectivity index (χ0) is 12.3. The third kappa shape index (κ3) is 3.07. The summed E-state index contributed by atoms with van der Waals surface area (Å²) in [7, 11) is 2.11. The molecule has 1 aliphatic heterocycles. The number of likely N-dealkylation sites (N-methyl/N-ethyl adjacent to an activating group) is 1. The molecule has 1 aromatic rings. The van der Waals surface area contributed by atoms with Crippen LogP contribution >= 0.6 is 0 Å². The van der Waals surface area contributed by atoms with Gasteiger partial charge in [-0.1, -0.05) is 18.2 Å². The standard InChI is InChI=1S/C13H17N3O/c1-16-7-5-10(6-8-16)11-3-2-4-12(9-11)15-13(14)17/h2-5,9H,6-8H2,1H3,(H3,14,15,17). The lowest BCUT2D eigenvalue weighted by molar-refractivity contribution is 0.259. The van der Waals surface area contributed by atoms with Gasteiger partial charge in [0.05, 0.1) is 0 Å². The number of carbonyl (C=O) groups excluding carboxylic acids is 1. The van der Waals surface area contributed by atoms with Gasteiger partial charge in [-0.15, -0.1) is 0 Å². The zero-order valence-corrected chi connectivity index (χ0v) is 9.94. The lowest BCUT2D eigenvalue weighted by atomic mass is 9.99. The van der Waals surface area contributed by atoms with Gasteiger partial charge in [-0.3, -0.25) is 0 Å². The van der Waals surface area contributed by atoms with E-state index in [4.69, 9.17) is 5.73 Å². The molecule has 4 heteroatoms. The second-order valence-electron chi connectivity index (χ2n) is 4.31. The zero-order valence-electron chi connectivity index (χ0n) is 9.94. The molecule has 4 nitrogen and oxygen atoms in total. The van der Waals surface area contributed by atoms with E-state index in [1.54, 1.807) is 0 Å². The largest absolute Gasteiger partial charge is 0.351 e. The number of nitrogens with two attached hydrogens (primary N) is 1. The van der Waals surface area contributed by atoms with Gasteiger partial charge in [0.25, 0.3) is 0 Å². The molecular formula is C13H17N3O. The van der Waals surface area contributed by atoms with Crippen molar-refractivity contribution in [3.05, 3.63) is 35.9 Å². The van der Waals surface area contributed by atoms with Crippen LogP contribution in [0.3, 0.4) is 0 Å². The molecule has 0 bridgehead atoms. The SMILES string of the molecule is CN1CC=C(c2cccc(NC(N)=O)c2)CC1. The third-order valence-corrected chi connectivity index (χ3v) is 2.91. The van der Waals surface area contributed by atoms with Crippen LogP contribution in [0.15, 0.2) is 30.3 Å². The number of anilines is 1. The van der Waals surface area contributed by atoms with Gasteiger partial charge in [0.1, 0.15) is 0 Å². The first-order chi connectivity index (χ1) is 8.15. The van der Waals surface area contributed by atoms with Crippen LogP contribution in [0.5, 0.6) is 0 Å². The normalized spacial score (nSPS) is 16.4. The molecule has 1 aromatic carbocycles. The third-order valence-electron chi connectivity index (χ3n) is 2.91. The number of carbonyl (C=O) groups is 1. The van der Waals surface area contributed by atoms with Gasteiger partial charge in [0, 0.05) is 18.8 Å². The van der Waals surface area contributed by atoms with Crippen LogP contribution in [0.4, 0.5) is 10.5 Å². The van der Waals surface area contributed by atoms with Gasteiger partial charge in [0.2, 0.25) is 0 Å². The Morgan fingerprint density at radius 1 is 1.47 bits per heavy atom. The van der Waals surface area contributed by atoms with Crippen molar-refractivity contribution in [3.63, 3.8) is 0 Å². The molecule has 3 N–H and O–H groups in total. The first-order valence-corrected chi connectivity index (χ1v) is 5.69. The van der Waals surface area contributed by atoms with Gasteiger partial charge in [-0.05, 0) is 36.7 Å². The van der Waals surface area contributed by atoms with E-state index >= 15 is 0 Å². The summed E-state index contributed by atoms with van der Waals surface area (Å²) in [5.41, 5.74) is 8.33. The van der Waals surface area contributed by atoms with E-state index in [1.165, 1.54) is 5.57 Å². The number of hydrogen-bond donors (Lipinski definition) is 2. The Hall–Kier alpha value is -1.81. The highest BCUT2D eigenvalue weighted by atomic mass is 16.2. The van der Waals surface area contributed by atoms with Crippen LogP contribution in [0.1, 0.15) is 12.0 Å². The summed E-state index contributed by atoms with van der Waals surface area (Å²) in [6.07, 6.45) is 3.27. The molecule has 17 heavy (non-hydrogen) atoms. The lowest BCUT2D eigenvalue weighted by Gasteiger charge is -2.22. The molecule has 2 amide bonds. The predicted molar refractivity (Wildman–Crippen MR) is 69.7 cm³/mol. The maximum Gasteiger partial charge on any atom is 0.316 e.